The molecule has 1 aromatic heterocycles. The minimum Gasteiger partial charge on any atom is -0.444 e. The van der Waals surface area contributed by atoms with E-state index in [-0.39, 0.29) is 24.1 Å². The van der Waals surface area contributed by atoms with Gasteiger partial charge in [-0.15, -0.1) is 0 Å². The molecule has 0 spiro atoms. The van der Waals surface area contributed by atoms with Crippen LogP contribution in [-0.2, 0) is 4.74 Å². The van der Waals surface area contributed by atoms with E-state index in [0.717, 1.165) is 31.2 Å². The average Bonchev–Trinajstić information content (AvgIpc) is 3.38. The van der Waals surface area contributed by atoms with Crippen LogP contribution in [0.3, 0.4) is 0 Å². The van der Waals surface area contributed by atoms with Crippen LogP contribution in [0.5, 0.6) is 0 Å². The lowest BCUT2D eigenvalue weighted by molar-refractivity contribution is 0.00192. The summed E-state index contributed by atoms with van der Waals surface area (Å²) in [5.74, 6) is 0.746. The maximum absolute atomic E-state index is 13.4. The summed E-state index contributed by atoms with van der Waals surface area (Å²) in [5.41, 5.74) is 1.06. The van der Waals surface area contributed by atoms with Crippen LogP contribution in [0.15, 0.2) is 41.3 Å². The van der Waals surface area contributed by atoms with Crippen molar-refractivity contribution in [1.29, 1.82) is 0 Å². The molecular weight excluding hydrogens is 394 g/mol. The number of carbonyl (C=O) groups excluding carboxylic acids is 2. The van der Waals surface area contributed by atoms with Crippen molar-refractivity contribution < 1.29 is 18.7 Å². The molecule has 2 aliphatic rings. The van der Waals surface area contributed by atoms with Crippen molar-refractivity contribution in [3.05, 3.63) is 42.4 Å². The van der Waals surface area contributed by atoms with Gasteiger partial charge in [0, 0.05) is 35.8 Å². The number of benzene rings is 1. The average molecular weight is 426 g/mol. The molecule has 4 rings (SSSR count). The number of carbonyl (C=O) groups is 2. The molecule has 1 aliphatic carbocycles. The van der Waals surface area contributed by atoms with Gasteiger partial charge in [0.05, 0.1) is 6.20 Å². The zero-order valence-electron chi connectivity index (χ0n) is 18.7. The molecule has 1 saturated heterocycles. The molecule has 2 atom stereocenters. The van der Waals surface area contributed by atoms with E-state index in [0.29, 0.717) is 23.9 Å². The molecule has 2 amide bonds. The van der Waals surface area contributed by atoms with Crippen molar-refractivity contribution in [2.45, 2.75) is 77.1 Å². The molecule has 1 saturated carbocycles. The van der Waals surface area contributed by atoms with Crippen molar-refractivity contribution in [1.82, 2.24) is 14.8 Å². The zero-order chi connectivity index (χ0) is 22.2. The Labute approximate surface area is 183 Å². The Morgan fingerprint density at radius 2 is 1.84 bits per heavy atom. The molecular formula is C24H31N3O4. The number of likely N-dealkylation sites (tertiary alicyclic amines) is 1. The Kier molecular flexibility index (Phi) is 5.77. The number of hydrogen-bond donors (Lipinski definition) is 0. The molecule has 166 valence electrons. The maximum atomic E-state index is 13.4. The van der Waals surface area contributed by atoms with Crippen LogP contribution in [0.4, 0.5) is 4.79 Å². The Morgan fingerprint density at radius 1 is 1.13 bits per heavy atom. The van der Waals surface area contributed by atoms with Gasteiger partial charge < -0.3 is 19.0 Å². The molecule has 31 heavy (non-hydrogen) atoms. The molecule has 0 N–H and O–H groups in total. The first-order valence-electron chi connectivity index (χ1n) is 11.0. The SMILES string of the molecule is CC1CC(N(C(=O)c2ccc(-c3cnco3)cc2)C2CC2)CCN1C(=O)OC(C)(C)C. The number of nitrogens with zero attached hydrogens (tertiary/aromatic N) is 3. The van der Waals surface area contributed by atoms with E-state index in [1.54, 1.807) is 11.1 Å². The topological polar surface area (TPSA) is 75.9 Å². The van der Waals surface area contributed by atoms with Crippen molar-refractivity contribution >= 4 is 12.0 Å². The second-order valence-electron chi connectivity index (χ2n) is 9.59. The number of oxazole rings is 1. The minimum atomic E-state index is -0.512. The smallest absolute Gasteiger partial charge is 0.410 e. The third kappa shape index (κ3) is 4.92. The fraction of sp³-hybridized carbons (Fsp3) is 0.542. The first kappa shape index (κ1) is 21.4. The van der Waals surface area contributed by atoms with Gasteiger partial charge in [-0.05, 0) is 65.5 Å². The Bertz CT molecular complexity index is 913. The third-order valence-electron chi connectivity index (χ3n) is 5.89. The van der Waals surface area contributed by atoms with E-state index in [9.17, 15) is 9.59 Å². The lowest BCUT2D eigenvalue weighted by atomic mass is 9.96. The van der Waals surface area contributed by atoms with Gasteiger partial charge in [0.15, 0.2) is 12.2 Å². The van der Waals surface area contributed by atoms with Crippen LogP contribution in [0.2, 0.25) is 0 Å². The quantitative estimate of drug-likeness (QED) is 0.708. The second-order valence-corrected chi connectivity index (χ2v) is 9.59. The molecule has 0 bridgehead atoms. The Balaban J connectivity index is 1.45. The third-order valence-corrected chi connectivity index (χ3v) is 5.89. The first-order chi connectivity index (χ1) is 14.7. The van der Waals surface area contributed by atoms with E-state index in [1.807, 2.05) is 52.0 Å². The van der Waals surface area contributed by atoms with Gasteiger partial charge in [-0.25, -0.2) is 9.78 Å². The summed E-state index contributed by atoms with van der Waals surface area (Å²) in [6.45, 7) is 8.27. The van der Waals surface area contributed by atoms with Crippen LogP contribution in [0, 0.1) is 0 Å². The van der Waals surface area contributed by atoms with Gasteiger partial charge in [-0.3, -0.25) is 4.79 Å². The normalized spacial score (nSPS) is 21.6. The molecule has 2 heterocycles. The summed E-state index contributed by atoms with van der Waals surface area (Å²) in [5, 5.41) is 0. The van der Waals surface area contributed by atoms with E-state index >= 15 is 0 Å². The summed E-state index contributed by atoms with van der Waals surface area (Å²) < 4.78 is 10.9. The second kappa shape index (κ2) is 8.36. The summed E-state index contributed by atoms with van der Waals surface area (Å²) in [6.07, 6.45) is 6.40. The van der Waals surface area contributed by atoms with Crippen LogP contribution < -0.4 is 0 Å². The number of amides is 2. The number of aromatic nitrogens is 1. The molecule has 7 heteroatoms. The summed E-state index contributed by atoms with van der Waals surface area (Å²) in [4.78, 5) is 33.8. The predicted molar refractivity (Wildman–Crippen MR) is 117 cm³/mol. The lowest BCUT2D eigenvalue weighted by Crippen LogP contribution is -2.53. The van der Waals surface area contributed by atoms with E-state index in [1.165, 1.54) is 6.39 Å². The van der Waals surface area contributed by atoms with Crippen molar-refractivity contribution in [2.75, 3.05) is 6.54 Å². The van der Waals surface area contributed by atoms with E-state index in [4.69, 9.17) is 9.15 Å². The van der Waals surface area contributed by atoms with Crippen LogP contribution in [0.25, 0.3) is 11.3 Å². The van der Waals surface area contributed by atoms with Gasteiger partial charge in [0.25, 0.3) is 5.91 Å². The maximum Gasteiger partial charge on any atom is 0.410 e. The van der Waals surface area contributed by atoms with Crippen molar-refractivity contribution in [3.8, 4) is 11.3 Å². The van der Waals surface area contributed by atoms with Crippen molar-refractivity contribution in [3.63, 3.8) is 0 Å². The highest BCUT2D eigenvalue weighted by Gasteiger charge is 2.41. The number of ether oxygens (including phenoxy) is 1. The van der Waals surface area contributed by atoms with Gasteiger partial charge in [0.2, 0.25) is 0 Å². The molecule has 7 nitrogen and oxygen atoms in total. The Hall–Kier alpha value is -2.83. The fourth-order valence-electron chi connectivity index (χ4n) is 4.26. The predicted octanol–water partition coefficient (Wildman–Crippen LogP) is 4.73. The van der Waals surface area contributed by atoms with Gasteiger partial charge in [0.1, 0.15) is 5.60 Å². The molecule has 2 unspecified atom stereocenters. The van der Waals surface area contributed by atoms with E-state index in [2.05, 4.69) is 9.88 Å². The van der Waals surface area contributed by atoms with Crippen LogP contribution in [0.1, 0.15) is 63.7 Å². The lowest BCUT2D eigenvalue weighted by Gasteiger charge is -2.42. The zero-order valence-corrected chi connectivity index (χ0v) is 18.7. The van der Waals surface area contributed by atoms with Crippen molar-refractivity contribution in [2.24, 2.45) is 0 Å². The van der Waals surface area contributed by atoms with Gasteiger partial charge in [-0.2, -0.15) is 0 Å². The van der Waals surface area contributed by atoms with Crippen LogP contribution in [-0.4, -0.2) is 57.1 Å². The van der Waals surface area contributed by atoms with Gasteiger partial charge in [-0.1, -0.05) is 12.1 Å². The van der Waals surface area contributed by atoms with E-state index < -0.39 is 5.60 Å². The minimum absolute atomic E-state index is 0.0245. The van der Waals surface area contributed by atoms with Crippen LogP contribution >= 0.6 is 0 Å². The molecule has 0 radical (unpaired) electrons. The molecule has 2 aromatic rings. The molecule has 2 fully saturated rings. The monoisotopic (exact) mass is 425 g/mol. The largest absolute Gasteiger partial charge is 0.444 e. The number of piperidine rings is 1. The molecule has 1 aliphatic heterocycles. The summed E-state index contributed by atoms with van der Waals surface area (Å²) >= 11 is 0. The first-order valence-corrected chi connectivity index (χ1v) is 11.0. The Morgan fingerprint density at radius 3 is 2.39 bits per heavy atom. The highest BCUT2D eigenvalue weighted by atomic mass is 16.6. The highest BCUT2D eigenvalue weighted by molar-refractivity contribution is 5.95. The number of rotatable bonds is 4. The summed E-state index contributed by atoms with van der Waals surface area (Å²) in [6, 6.07) is 7.95. The standard InChI is InChI=1S/C24H31N3O4/c1-16-13-20(11-12-26(16)23(29)31-24(2,3)4)27(19-9-10-19)22(28)18-7-5-17(6-8-18)21-14-25-15-30-21/h5-8,14-16,19-20H,9-13H2,1-4H3. The van der Waals surface area contributed by atoms with Gasteiger partial charge >= 0.3 is 6.09 Å². The number of hydrogen-bond acceptors (Lipinski definition) is 5. The highest BCUT2D eigenvalue weighted by Crippen LogP contribution is 2.35. The fourth-order valence-corrected chi connectivity index (χ4v) is 4.26. The molecule has 1 aromatic carbocycles. The summed E-state index contributed by atoms with van der Waals surface area (Å²) in [7, 11) is 0.